The molecule has 1 aromatic rings. The molecule has 0 aliphatic carbocycles. The van der Waals surface area contributed by atoms with Gasteiger partial charge in [0.05, 0.1) is 0 Å². The van der Waals surface area contributed by atoms with Gasteiger partial charge < -0.3 is 19.7 Å². The minimum atomic E-state index is -1.60. The highest BCUT2D eigenvalue weighted by Crippen LogP contribution is 2.07. The maximum Gasteiger partial charge on any atom is 0.417 e. The van der Waals surface area contributed by atoms with Gasteiger partial charge in [0.1, 0.15) is 19.0 Å². The van der Waals surface area contributed by atoms with E-state index in [1.165, 1.54) is 0 Å². The smallest absolute Gasteiger partial charge is 0.417 e. The van der Waals surface area contributed by atoms with Gasteiger partial charge in [-0.25, -0.2) is 14.4 Å². The largest absolute Gasteiger partial charge is 0.490 e. The first kappa shape index (κ1) is 17.2. The molecule has 0 heterocycles. The molecule has 0 unspecified atom stereocenters. The van der Waals surface area contributed by atoms with Crippen molar-refractivity contribution in [1.29, 1.82) is 0 Å². The van der Waals surface area contributed by atoms with Crippen LogP contribution in [0.2, 0.25) is 0 Å². The lowest BCUT2D eigenvalue weighted by molar-refractivity contribution is -0.164. The van der Waals surface area contributed by atoms with Crippen LogP contribution in [0.15, 0.2) is 43.0 Å². The molecular weight excluding hydrogens is 268 g/mol. The van der Waals surface area contributed by atoms with Crippen molar-refractivity contribution >= 4 is 17.9 Å². The van der Waals surface area contributed by atoms with Crippen molar-refractivity contribution in [2.75, 3.05) is 13.2 Å². The van der Waals surface area contributed by atoms with Crippen LogP contribution in [0.25, 0.3) is 0 Å². The van der Waals surface area contributed by atoms with E-state index in [0.29, 0.717) is 5.75 Å². The summed E-state index contributed by atoms with van der Waals surface area (Å²) in [7, 11) is 0. The molecule has 0 fully saturated rings. The third kappa shape index (κ3) is 9.23. The molecule has 0 radical (unpaired) electrons. The predicted octanol–water partition coefficient (Wildman–Crippen LogP) is 0.950. The Morgan fingerprint density at radius 3 is 2.10 bits per heavy atom. The summed E-state index contributed by atoms with van der Waals surface area (Å²) in [4.78, 5) is 29.8. The molecule has 7 heteroatoms. The third-order valence-corrected chi connectivity index (χ3v) is 1.68. The summed E-state index contributed by atoms with van der Waals surface area (Å²) in [5, 5.41) is 15.8. The standard InChI is InChI=1S/C10H10O5.C3H4O2/c11-9(12)10(13)15-7-6-14-8-4-2-1-3-5-8;1-2-3(4)5/h1-5H,6-7H2,(H,11,12);2H,1H2,(H,4,5). The fraction of sp³-hybridized carbons (Fsp3) is 0.154. The van der Waals surface area contributed by atoms with Gasteiger partial charge >= 0.3 is 17.9 Å². The van der Waals surface area contributed by atoms with Crippen LogP contribution in [0, 0.1) is 0 Å². The van der Waals surface area contributed by atoms with E-state index in [1.54, 1.807) is 24.3 Å². The van der Waals surface area contributed by atoms with Crippen LogP contribution in [-0.2, 0) is 19.1 Å². The number of carboxylic acids is 2. The molecular formula is C13H14O7. The van der Waals surface area contributed by atoms with Crippen molar-refractivity contribution in [3.05, 3.63) is 43.0 Å². The van der Waals surface area contributed by atoms with Crippen molar-refractivity contribution in [1.82, 2.24) is 0 Å². The molecule has 0 aliphatic rings. The Hall–Kier alpha value is -2.83. The van der Waals surface area contributed by atoms with Gasteiger partial charge in [0.2, 0.25) is 0 Å². The summed E-state index contributed by atoms with van der Waals surface area (Å²) in [6.45, 7) is 3.01. The first-order valence-corrected chi connectivity index (χ1v) is 5.40. The van der Waals surface area contributed by atoms with Gasteiger partial charge in [0.15, 0.2) is 0 Å². The zero-order valence-electron chi connectivity index (χ0n) is 10.5. The highest BCUT2D eigenvalue weighted by atomic mass is 16.6. The van der Waals surface area contributed by atoms with Crippen LogP contribution in [-0.4, -0.2) is 41.3 Å². The number of esters is 1. The lowest BCUT2D eigenvalue weighted by atomic mass is 10.3. The maximum absolute atomic E-state index is 10.5. The van der Waals surface area contributed by atoms with E-state index >= 15 is 0 Å². The fourth-order valence-electron chi connectivity index (χ4n) is 0.872. The molecule has 0 aromatic heterocycles. The number of hydrogen-bond acceptors (Lipinski definition) is 5. The van der Waals surface area contributed by atoms with Crippen molar-refractivity contribution in [3.63, 3.8) is 0 Å². The van der Waals surface area contributed by atoms with Crippen LogP contribution < -0.4 is 4.74 Å². The fourth-order valence-corrected chi connectivity index (χ4v) is 0.872. The third-order valence-electron chi connectivity index (χ3n) is 1.68. The zero-order chi connectivity index (χ0) is 15.4. The zero-order valence-corrected chi connectivity index (χ0v) is 10.5. The Balaban J connectivity index is 0.000000621. The number of carbonyl (C=O) groups is 3. The van der Waals surface area contributed by atoms with E-state index in [4.69, 9.17) is 14.9 Å². The van der Waals surface area contributed by atoms with Crippen molar-refractivity contribution in [3.8, 4) is 5.75 Å². The summed E-state index contributed by atoms with van der Waals surface area (Å²) in [6, 6.07) is 8.95. The topological polar surface area (TPSA) is 110 Å². The number of hydrogen-bond donors (Lipinski definition) is 2. The molecule has 0 saturated heterocycles. The van der Waals surface area contributed by atoms with Gasteiger partial charge in [-0.1, -0.05) is 24.8 Å². The van der Waals surface area contributed by atoms with Crippen LogP contribution in [0.1, 0.15) is 0 Å². The molecule has 0 aliphatic heterocycles. The molecule has 0 spiro atoms. The number of para-hydroxylation sites is 1. The summed E-state index contributed by atoms with van der Waals surface area (Å²) >= 11 is 0. The van der Waals surface area contributed by atoms with Gasteiger partial charge in [-0.05, 0) is 12.1 Å². The SMILES string of the molecule is C=CC(=O)O.O=C(O)C(=O)OCCOc1ccccc1. The molecule has 108 valence electrons. The van der Waals surface area contributed by atoms with E-state index in [9.17, 15) is 14.4 Å². The molecule has 0 amide bonds. The second-order valence-electron chi connectivity index (χ2n) is 3.14. The van der Waals surface area contributed by atoms with Gasteiger partial charge in [-0.3, -0.25) is 0 Å². The minimum absolute atomic E-state index is 0.0833. The number of ether oxygens (including phenoxy) is 2. The lowest BCUT2D eigenvalue weighted by Gasteiger charge is -2.05. The van der Waals surface area contributed by atoms with Crippen LogP contribution in [0.3, 0.4) is 0 Å². The monoisotopic (exact) mass is 282 g/mol. The minimum Gasteiger partial charge on any atom is -0.490 e. The number of rotatable bonds is 5. The van der Waals surface area contributed by atoms with E-state index in [1.807, 2.05) is 6.07 Å². The number of carbonyl (C=O) groups excluding carboxylic acids is 1. The van der Waals surface area contributed by atoms with Crippen LogP contribution >= 0.6 is 0 Å². The van der Waals surface area contributed by atoms with E-state index in [0.717, 1.165) is 6.08 Å². The lowest BCUT2D eigenvalue weighted by Crippen LogP contribution is -2.19. The van der Waals surface area contributed by atoms with Gasteiger partial charge in [0, 0.05) is 6.08 Å². The number of benzene rings is 1. The second kappa shape index (κ2) is 10.1. The Kier molecular flexibility index (Phi) is 8.69. The first-order chi connectivity index (χ1) is 9.47. The summed E-state index contributed by atoms with van der Waals surface area (Å²) < 4.78 is 9.53. The average molecular weight is 282 g/mol. The molecule has 0 atom stereocenters. The van der Waals surface area contributed by atoms with Gasteiger partial charge in [-0.2, -0.15) is 0 Å². The quantitative estimate of drug-likeness (QED) is 0.358. The van der Waals surface area contributed by atoms with Crippen LogP contribution in [0.5, 0.6) is 5.75 Å². The number of carboxylic acid groups (broad SMARTS) is 2. The van der Waals surface area contributed by atoms with E-state index in [-0.39, 0.29) is 13.2 Å². The van der Waals surface area contributed by atoms with Crippen molar-refractivity contribution in [2.24, 2.45) is 0 Å². The Bertz CT molecular complexity index is 453. The molecule has 2 N–H and O–H groups in total. The van der Waals surface area contributed by atoms with E-state index < -0.39 is 17.9 Å². The highest BCUT2D eigenvalue weighted by molar-refractivity contribution is 6.28. The molecule has 1 rings (SSSR count). The highest BCUT2D eigenvalue weighted by Gasteiger charge is 2.11. The van der Waals surface area contributed by atoms with Crippen molar-refractivity contribution in [2.45, 2.75) is 0 Å². The molecule has 20 heavy (non-hydrogen) atoms. The predicted molar refractivity (Wildman–Crippen MR) is 68.4 cm³/mol. The van der Waals surface area contributed by atoms with Gasteiger partial charge in [0.25, 0.3) is 0 Å². The normalized spacial score (nSPS) is 8.60. The Morgan fingerprint density at radius 2 is 1.65 bits per heavy atom. The Morgan fingerprint density at radius 1 is 1.10 bits per heavy atom. The number of aliphatic carboxylic acids is 2. The average Bonchev–Trinajstić information content (AvgIpc) is 2.45. The molecule has 0 saturated carbocycles. The van der Waals surface area contributed by atoms with E-state index in [2.05, 4.69) is 11.3 Å². The first-order valence-electron chi connectivity index (χ1n) is 5.40. The second-order valence-corrected chi connectivity index (χ2v) is 3.14. The van der Waals surface area contributed by atoms with Crippen LogP contribution in [0.4, 0.5) is 0 Å². The molecule has 7 nitrogen and oxygen atoms in total. The molecule has 1 aromatic carbocycles. The summed E-state index contributed by atoms with van der Waals surface area (Å²) in [6.07, 6.45) is 0.833. The van der Waals surface area contributed by atoms with Crippen molar-refractivity contribution < 1.29 is 34.1 Å². The Labute approximate surface area is 115 Å². The van der Waals surface area contributed by atoms with Gasteiger partial charge in [-0.15, -0.1) is 0 Å². The maximum atomic E-state index is 10.5. The molecule has 0 bridgehead atoms. The summed E-state index contributed by atoms with van der Waals surface area (Å²) in [5.41, 5.74) is 0. The summed E-state index contributed by atoms with van der Waals surface area (Å²) in [5.74, 6) is -3.21.